The molecule has 116 valence electrons. The van der Waals surface area contributed by atoms with Crippen molar-refractivity contribution in [3.8, 4) is 5.75 Å². The van der Waals surface area contributed by atoms with E-state index >= 15 is 0 Å². The number of cyclic esters (lactones) is 1. The Morgan fingerprint density at radius 1 is 1.52 bits per heavy atom. The van der Waals surface area contributed by atoms with Crippen LogP contribution in [0.5, 0.6) is 5.75 Å². The highest BCUT2D eigenvalue weighted by Gasteiger charge is 2.23. The number of hydrogen-bond acceptors (Lipinski definition) is 4. The van der Waals surface area contributed by atoms with Crippen LogP contribution >= 0.6 is 0 Å². The van der Waals surface area contributed by atoms with E-state index in [0.29, 0.717) is 13.2 Å². The van der Waals surface area contributed by atoms with Crippen molar-refractivity contribution in [1.82, 2.24) is 10.6 Å². The SMILES string of the molecule is CCCNC(C)c1ccc(C)cc1OCC1CNC(=O)O1. The quantitative estimate of drug-likeness (QED) is 0.811. The van der Waals surface area contributed by atoms with E-state index in [0.717, 1.165) is 29.8 Å². The molecule has 1 amide bonds. The Hall–Kier alpha value is -1.75. The molecule has 1 heterocycles. The monoisotopic (exact) mass is 292 g/mol. The van der Waals surface area contributed by atoms with Crippen LogP contribution in [-0.2, 0) is 4.74 Å². The standard InChI is InChI=1S/C16H24N2O3/c1-4-7-17-12(3)14-6-5-11(2)8-15(14)20-10-13-9-18-16(19)21-13/h5-6,8,12-13,17H,4,7,9-10H2,1-3H3,(H,18,19). The molecule has 1 fully saturated rings. The van der Waals surface area contributed by atoms with Gasteiger partial charge in [0, 0.05) is 11.6 Å². The minimum Gasteiger partial charge on any atom is -0.489 e. The zero-order valence-corrected chi connectivity index (χ0v) is 12.9. The average molecular weight is 292 g/mol. The molecule has 1 aliphatic heterocycles. The molecule has 0 bridgehead atoms. The van der Waals surface area contributed by atoms with Crippen molar-refractivity contribution in [2.24, 2.45) is 0 Å². The lowest BCUT2D eigenvalue weighted by Crippen LogP contribution is -2.24. The summed E-state index contributed by atoms with van der Waals surface area (Å²) in [6.07, 6.45) is 0.506. The minimum absolute atomic E-state index is 0.218. The van der Waals surface area contributed by atoms with E-state index in [-0.39, 0.29) is 18.2 Å². The molecule has 1 aromatic carbocycles. The molecule has 2 unspecified atom stereocenters. The normalized spacial score (nSPS) is 19.0. The highest BCUT2D eigenvalue weighted by Crippen LogP contribution is 2.27. The lowest BCUT2D eigenvalue weighted by atomic mass is 10.0. The fourth-order valence-electron chi connectivity index (χ4n) is 2.30. The molecule has 5 heteroatoms. The summed E-state index contributed by atoms with van der Waals surface area (Å²) in [5.74, 6) is 0.856. The van der Waals surface area contributed by atoms with Gasteiger partial charge in [0.15, 0.2) is 6.10 Å². The van der Waals surface area contributed by atoms with Crippen LogP contribution < -0.4 is 15.4 Å². The number of carbonyl (C=O) groups is 1. The van der Waals surface area contributed by atoms with Crippen LogP contribution in [0.25, 0.3) is 0 Å². The van der Waals surface area contributed by atoms with Crippen molar-refractivity contribution in [1.29, 1.82) is 0 Å². The minimum atomic E-state index is -0.369. The first-order chi connectivity index (χ1) is 10.1. The third-order valence-corrected chi connectivity index (χ3v) is 3.51. The summed E-state index contributed by atoms with van der Waals surface area (Å²) < 4.78 is 11.0. The molecule has 2 N–H and O–H groups in total. The van der Waals surface area contributed by atoms with Gasteiger partial charge in [-0.2, -0.15) is 0 Å². The summed E-state index contributed by atoms with van der Waals surface area (Å²) in [7, 11) is 0. The summed E-state index contributed by atoms with van der Waals surface area (Å²) in [6.45, 7) is 8.16. The second kappa shape index (κ2) is 7.31. The van der Waals surface area contributed by atoms with Gasteiger partial charge in [0.05, 0.1) is 6.54 Å². The number of alkyl carbamates (subject to hydrolysis) is 1. The van der Waals surface area contributed by atoms with Crippen LogP contribution in [0.1, 0.15) is 37.4 Å². The molecule has 5 nitrogen and oxygen atoms in total. The Bertz CT molecular complexity index is 490. The van der Waals surface area contributed by atoms with Gasteiger partial charge >= 0.3 is 6.09 Å². The molecule has 2 atom stereocenters. The van der Waals surface area contributed by atoms with Crippen molar-refractivity contribution >= 4 is 6.09 Å². The fourth-order valence-corrected chi connectivity index (χ4v) is 2.30. The van der Waals surface area contributed by atoms with Gasteiger partial charge in [0.25, 0.3) is 0 Å². The molecule has 1 aliphatic rings. The summed E-state index contributed by atoms with van der Waals surface area (Å²) >= 11 is 0. The van der Waals surface area contributed by atoms with Crippen molar-refractivity contribution in [3.05, 3.63) is 29.3 Å². The van der Waals surface area contributed by atoms with Gasteiger partial charge in [0.1, 0.15) is 12.4 Å². The number of amides is 1. The topological polar surface area (TPSA) is 59.6 Å². The van der Waals surface area contributed by atoms with E-state index in [1.807, 2.05) is 13.0 Å². The number of carbonyl (C=O) groups excluding carboxylic acids is 1. The van der Waals surface area contributed by atoms with Crippen molar-refractivity contribution in [2.75, 3.05) is 19.7 Å². The third kappa shape index (κ3) is 4.36. The summed E-state index contributed by atoms with van der Waals surface area (Å²) in [4.78, 5) is 11.0. The first-order valence-corrected chi connectivity index (χ1v) is 7.51. The molecule has 0 aliphatic carbocycles. The van der Waals surface area contributed by atoms with Crippen LogP contribution in [0.15, 0.2) is 18.2 Å². The molecule has 2 rings (SSSR count). The Labute approximate surface area is 126 Å². The van der Waals surface area contributed by atoms with Crippen molar-refractivity contribution in [2.45, 2.75) is 39.3 Å². The maximum Gasteiger partial charge on any atom is 0.407 e. The lowest BCUT2D eigenvalue weighted by Gasteiger charge is -2.19. The second-order valence-electron chi connectivity index (χ2n) is 5.44. The first-order valence-electron chi connectivity index (χ1n) is 7.51. The number of benzene rings is 1. The number of aryl methyl sites for hydroxylation is 1. The van der Waals surface area contributed by atoms with Crippen LogP contribution in [0.4, 0.5) is 4.79 Å². The third-order valence-electron chi connectivity index (χ3n) is 3.51. The molecule has 1 saturated heterocycles. The maximum absolute atomic E-state index is 11.0. The fraction of sp³-hybridized carbons (Fsp3) is 0.562. The van der Waals surface area contributed by atoms with Crippen LogP contribution in [0, 0.1) is 6.92 Å². The van der Waals surface area contributed by atoms with E-state index < -0.39 is 0 Å². The largest absolute Gasteiger partial charge is 0.489 e. The van der Waals surface area contributed by atoms with E-state index in [9.17, 15) is 4.79 Å². The van der Waals surface area contributed by atoms with Gasteiger partial charge in [-0.15, -0.1) is 0 Å². The van der Waals surface area contributed by atoms with E-state index in [4.69, 9.17) is 9.47 Å². The van der Waals surface area contributed by atoms with Crippen LogP contribution in [-0.4, -0.2) is 31.9 Å². The Kier molecular flexibility index (Phi) is 5.44. The van der Waals surface area contributed by atoms with Gasteiger partial charge in [-0.25, -0.2) is 4.79 Å². The van der Waals surface area contributed by atoms with Gasteiger partial charge in [0.2, 0.25) is 0 Å². The Balaban J connectivity index is 2.02. The molecule has 0 spiro atoms. The molecule has 1 aromatic rings. The molecular weight excluding hydrogens is 268 g/mol. The molecule has 0 saturated carbocycles. The maximum atomic E-state index is 11.0. The van der Waals surface area contributed by atoms with Crippen LogP contribution in [0.2, 0.25) is 0 Å². The summed E-state index contributed by atoms with van der Waals surface area (Å²) in [5.41, 5.74) is 2.28. The van der Waals surface area contributed by atoms with Crippen LogP contribution in [0.3, 0.4) is 0 Å². The predicted molar refractivity (Wildman–Crippen MR) is 81.7 cm³/mol. The smallest absolute Gasteiger partial charge is 0.407 e. The molecule has 21 heavy (non-hydrogen) atoms. The van der Waals surface area contributed by atoms with Crippen molar-refractivity contribution in [3.63, 3.8) is 0 Å². The highest BCUT2D eigenvalue weighted by molar-refractivity contribution is 5.69. The molecule has 0 aromatic heterocycles. The molecular formula is C16H24N2O3. The first kappa shape index (κ1) is 15.6. The van der Waals surface area contributed by atoms with Gasteiger partial charge in [-0.1, -0.05) is 19.1 Å². The molecule has 0 radical (unpaired) electrons. The second-order valence-corrected chi connectivity index (χ2v) is 5.44. The number of hydrogen-bond donors (Lipinski definition) is 2. The van der Waals surface area contributed by atoms with E-state index in [1.54, 1.807) is 0 Å². The summed E-state index contributed by atoms with van der Waals surface area (Å²) in [6, 6.07) is 6.44. The van der Waals surface area contributed by atoms with E-state index in [1.165, 1.54) is 0 Å². The highest BCUT2D eigenvalue weighted by atomic mass is 16.6. The predicted octanol–water partition coefficient (Wildman–Crippen LogP) is 2.54. The van der Waals surface area contributed by atoms with Gasteiger partial charge < -0.3 is 20.1 Å². The summed E-state index contributed by atoms with van der Waals surface area (Å²) in [5, 5.41) is 6.09. The number of rotatable bonds is 7. The number of nitrogens with one attached hydrogen (secondary N) is 2. The zero-order chi connectivity index (χ0) is 15.2. The van der Waals surface area contributed by atoms with E-state index in [2.05, 4.69) is 36.6 Å². The number of ether oxygens (including phenoxy) is 2. The van der Waals surface area contributed by atoms with Crippen molar-refractivity contribution < 1.29 is 14.3 Å². The zero-order valence-electron chi connectivity index (χ0n) is 12.9. The van der Waals surface area contributed by atoms with Gasteiger partial charge in [-0.3, -0.25) is 0 Å². The van der Waals surface area contributed by atoms with Gasteiger partial charge in [-0.05, 0) is 38.4 Å². The lowest BCUT2D eigenvalue weighted by molar-refractivity contribution is 0.104. The Morgan fingerprint density at radius 3 is 3.00 bits per heavy atom. The average Bonchev–Trinajstić information content (AvgIpc) is 2.88. The Morgan fingerprint density at radius 2 is 2.33 bits per heavy atom.